The van der Waals surface area contributed by atoms with E-state index >= 15 is 0 Å². The van der Waals surface area contributed by atoms with Gasteiger partial charge in [0.15, 0.2) is 6.29 Å². The van der Waals surface area contributed by atoms with Crippen molar-refractivity contribution in [2.24, 2.45) is 0 Å². The van der Waals surface area contributed by atoms with E-state index in [0.717, 1.165) is 16.6 Å². The molecule has 1 heterocycles. The highest BCUT2D eigenvalue weighted by Crippen LogP contribution is 2.34. The summed E-state index contributed by atoms with van der Waals surface area (Å²) in [5.41, 5.74) is 1.71. The highest BCUT2D eigenvalue weighted by atomic mass is 32.1. The van der Waals surface area contributed by atoms with Gasteiger partial charge in [-0.2, -0.15) is 13.2 Å². The first-order chi connectivity index (χ1) is 9.82. The monoisotopic (exact) mass is 314 g/mol. The number of rotatable bonds is 4. The predicted molar refractivity (Wildman–Crippen MR) is 75.8 cm³/mol. The van der Waals surface area contributed by atoms with E-state index < -0.39 is 11.7 Å². The number of thiazole rings is 1. The summed E-state index contributed by atoms with van der Waals surface area (Å²) in [4.78, 5) is 17.5. The quantitative estimate of drug-likeness (QED) is 0.802. The van der Waals surface area contributed by atoms with Crippen molar-refractivity contribution >= 4 is 23.3 Å². The van der Waals surface area contributed by atoms with Gasteiger partial charge in [-0.05, 0) is 25.1 Å². The van der Waals surface area contributed by atoms with Gasteiger partial charge >= 0.3 is 6.18 Å². The molecule has 1 aromatic carbocycles. The molecule has 0 fully saturated rings. The van der Waals surface area contributed by atoms with Crippen LogP contribution in [0.1, 0.15) is 26.5 Å². The van der Waals surface area contributed by atoms with Crippen LogP contribution in [0.25, 0.3) is 0 Å². The lowest BCUT2D eigenvalue weighted by Gasteiger charge is -2.21. The number of hydrogen-bond acceptors (Lipinski definition) is 4. The molecule has 21 heavy (non-hydrogen) atoms. The van der Waals surface area contributed by atoms with Gasteiger partial charge in [0.25, 0.3) is 0 Å². The van der Waals surface area contributed by atoms with E-state index in [9.17, 15) is 18.0 Å². The van der Waals surface area contributed by atoms with Crippen molar-refractivity contribution in [3.05, 3.63) is 45.4 Å². The molecule has 0 saturated heterocycles. The third-order valence-electron chi connectivity index (χ3n) is 3.14. The third-order valence-corrected chi connectivity index (χ3v) is 4.06. The maximum Gasteiger partial charge on any atom is 0.417 e. The van der Waals surface area contributed by atoms with Crippen LogP contribution in [0, 0.1) is 6.92 Å². The Morgan fingerprint density at radius 3 is 2.62 bits per heavy atom. The standard InChI is InChI=1S/C14H13F3N2OS/c1-9-13(21-8-18-9)6-19(2)11-4-3-10(7-20)12(5-11)14(15,16)17/h3-5,7-8H,6H2,1-2H3. The fourth-order valence-electron chi connectivity index (χ4n) is 1.91. The molecule has 2 rings (SSSR count). The minimum atomic E-state index is -4.55. The van der Waals surface area contributed by atoms with Crippen LogP contribution in [0.3, 0.4) is 0 Å². The van der Waals surface area contributed by atoms with E-state index in [-0.39, 0.29) is 11.8 Å². The van der Waals surface area contributed by atoms with Gasteiger partial charge in [-0.15, -0.1) is 11.3 Å². The molecule has 0 radical (unpaired) electrons. The lowest BCUT2D eigenvalue weighted by Crippen LogP contribution is -2.18. The van der Waals surface area contributed by atoms with Crippen molar-refractivity contribution in [2.45, 2.75) is 19.6 Å². The van der Waals surface area contributed by atoms with Crippen LogP contribution in [0.5, 0.6) is 0 Å². The Morgan fingerprint density at radius 2 is 2.10 bits per heavy atom. The second-order valence-corrected chi connectivity index (χ2v) is 5.54. The van der Waals surface area contributed by atoms with Crippen LogP contribution in [0.4, 0.5) is 18.9 Å². The molecule has 0 amide bonds. The number of halogens is 3. The number of aryl methyl sites for hydroxylation is 1. The first-order valence-corrected chi connectivity index (χ1v) is 6.97. The van der Waals surface area contributed by atoms with Crippen molar-refractivity contribution in [3.8, 4) is 0 Å². The smallest absolute Gasteiger partial charge is 0.369 e. The summed E-state index contributed by atoms with van der Waals surface area (Å²) in [6.07, 6.45) is -4.33. The first kappa shape index (κ1) is 15.5. The van der Waals surface area contributed by atoms with E-state index in [2.05, 4.69) is 4.98 Å². The van der Waals surface area contributed by atoms with Crippen molar-refractivity contribution in [2.75, 3.05) is 11.9 Å². The Balaban J connectivity index is 2.32. The number of benzene rings is 1. The van der Waals surface area contributed by atoms with Gasteiger partial charge in [0.05, 0.1) is 23.3 Å². The van der Waals surface area contributed by atoms with Crippen molar-refractivity contribution in [1.82, 2.24) is 4.98 Å². The van der Waals surface area contributed by atoms with Gasteiger partial charge in [0, 0.05) is 23.2 Å². The normalized spacial score (nSPS) is 11.5. The molecule has 0 aliphatic rings. The molecule has 0 aliphatic carbocycles. The molecule has 0 bridgehead atoms. The lowest BCUT2D eigenvalue weighted by molar-refractivity contribution is -0.137. The largest absolute Gasteiger partial charge is 0.417 e. The maximum absolute atomic E-state index is 12.9. The summed E-state index contributed by atoms with van der Waals surface area (Å²) < 4.78 is 38.8. The Kier molecular flexibility index (Phi) is 4.32. The second kappa shape index (κ2) is 5.85. The van der Waals surface area contributed by atoms with Crippen molar-refractivity contribution in [3.63, 3.8) is 0 Å². The average Bonchev–Trinajstić information content (AvgIpc) is 2.82. The Labute approximate surface area is 124 Å². The number of carbonyl (C=O) groups is 1. The Hall–Kier alpha value is -1.89. The number of anilines is 1. The molecule has 0 saturated carbocycles. The number of hydrogen-bond donors (Lipinski definition) is 0. The fourth-order valence-corrected chi connectivity index (χ4v) is 2.74. The Bertz CT molecular complexity index is 652. The topological polar surface area (TPSA) is 33.2 Å². The molecular weight excluding hydrogens is 301 g/mol. The SMILES string of the molecule is Cc1ncsc1CN(C)c1ccc(C=O)c(C(F)(F)F)c1. The lowest BCUT2D eigenvalue weighted by atomic mass is 10.1. The van der Waals surface area contributed by atoms with Crippen LogP contribution in [0.2, 0.25) is 0 Å². The zero-order valence-corrected chi connectivity index (χ0v) is 12.3. The van der Waals surface area contributed by atoms with Gasteiger partial charge in [0.1, 0.15) is 0 Å². The molecule has 7 heteroatoms. The fraction of sp³-hybridized carbons (Fsp3) is 0.286. The summed E-state index contributed by atoms with van der Waals surface area (Å²) in [6.45, 7) is 2.32. The molecular formula is C14H13F3N2OS. The third kappa shape index (κ3) is 3.41. The van der Waals surface area contributed by atoms with Gasteiger partial charge in [-0.3, -0.25) is 4.79 Å². The van der Waals surface area contributed by atoms with Crippen molar-refractivity contribution < 1.29 is 18.0 Å². The van der Waals surface area contributed by atoms with E-state index in [1.807, 2.05) is 6.92 Å². The Morgan fingerprint density at radius 1 is 1.38 bits per heavy atom. The summed E-state index contributed by atoms with van der Waals surface area (Å²) in [5, 5.41) is 0. The minimum absolute atomic E-state index is 0.222. The molecule has 1 aromatic heterocycles. The van der Waals surface area contributed by atoms with Gasteiger partial charge < -0.3 is 4.90 Å². The molecule has 0 N–H and O–H groups in total. The van der Waals surface area contributed by atoms with E-state index in [1.54, 1.807) is 17.5 Å². The molecule has 0 unspecified atom stereocenters. The summed E-state index contributed by atoms with van der Waals surface area (Å²) in [7, 11) is 1.70. The van der Waals surface area contributed by atoms with Crippen LogP contribution in [-0.4, -0.2) is 18.3 Å². The number of carbonyl (C=O) groups excluding carboxylic acids is 1. The van der Waals surface area contributed by atoms with Crippen LogP contribution >= 0.6 is 11.3 Å². The van der Waals surface area contributed by atoms with Gasteiger partial charge in [0.2, 0.25) is 0 Å². The molecule has 2 aromatic rings. The van der Waals surface area contributed by atoms with E-state index in [1.165, 1.54) is 23.5 Å². The number of alkyl halides is 3. The molecule has 0 aliphatic heterocycles. The van der Waals surface area contributed by atoms with Crippen molar-refractivity contribution in [1.29, 1.82) is 0 Å². The zero-order chi connectivity index (χ0) is 15.6. The zero-order valence-electron chi connectivity index (χ0n) is 11.4. The molecule has 0 atom stereocenters. The summed E-state index contributed by atoms with van der Waals surface area (Å²) in [5.74, 6) is 0. The van der Waals surface area contributed by atoms with E-state index in [0.29, 0.717) is 12.2 Å². The molecule has 3 nitrogen and oxygen atoms in total. The molecule has 0 spiro atoms. The number of nitrogens with zero attached hydrogens (tertiary/aromatic N) is 2. The summed E-state index contributed by atoms with van der Waals surface area (Å²) >= 11 is 1.46. The molecule has 112 valence electrons. The predicted octanol–water partition coefficient (Wildman–Crippen LogP) is 3.92. The first-order valence-electron chi connectivity index (χ1n) is 6.09. The number of aromatic nitrogens is 1. The van der Waals surface area contributed by atoms with Crippen LogP contribution < -0.4 is 4.90 Å². The second-order valence-electron chi connectivity index (χ2n) is 4.60. The maximum atomic E-state index is 12.9. The summed E-state index contributed by atoms with van der Waals surface area (Å²) in [6, 6.07) is 3.70. The van der Waals surface area contributed by atoms with Gasteiger partial charge in [-0.1, -0.05) is 0 Å². The highest BCUT2D eigenvalue weighted by Gasteiger charge is 2.33. The van der Waals surface area contributed by atoms with Crippen LogP contribution in [0.15, 0.2) is 23.7 Å². The van der Waals surface area contributed by atoms with Gasteiger partial charge in [-0.25, -0.2) is 4.98 Å². The van der Waals surface area contributed by atoms with Crippen LogP contribution in [-0.2, 0) is 12.7 Å². The van der Waals surface area contributed by atoms with E-state index in [4.69, 9.17) is 0 Å². The number of aldehydes is 1. The average molecular weight is 314 g/mol. The highest BCUT2D eigenvalue weighted by molar-refractivity contribution is 7.09. The minimum Gasteiger partial charge on any atom is -0.369 e.